The molecule has 0 atom stereocenters. The summed E-state index contributed by atoms with van der Waals surface area (Å²) in [5.41, 5.74) is 4.41. The van der Waals surface area contributed by atoms with Gasteiger partial charge >= 0.3 is 0 Å². The van der Waals surface area contributed by atoms with Crippen LogP contribution in [0.25, 0.3) is 34.0 Å². The number of imidazole rings is 1. The van der Waals surface area contributed by atoms with Gasteiger partial charge in [-0.1, -0.05) is 12.1 Å². The third-order valence-corrected chi connectivity index (χ3v) is 4.95. The second-order valence-electron chi connectivity index (χ2n) is 7.02. The van der Waals surface area contributed by atoms with Gasteiger partial charge in [0.2, 0.25) is 0 Å². The normalized spacial score (nSPS) is 13.4. The molecule has 2 aromatic carbocycles. The van der Waals surface area contributed by atoms with E-state index in [4.69, 9.17) is 4.42 Å². The number of nitrogens with zero attached hydrogens (tertiary/aromatic N) is 2. The van der Waals surface area contributed by atoms with Crippen LogP contribution in [-0.2, 0) is 0 Å². The summed E-state index contributed by atoms with van der Waals surface area (Å²) < 4.78 is 5.85. The van der Waals surface area contributed by atoms with Gasteiger partial charge in [-0.25, -0.2) is 4.98 Å². The molecule has 0 unspecified atom stereocenters. The molecule has 7 heteroatoms. The molecule has 3 heterocycles. The molecule has 0 aliphatic carbocycles. The van der Waals surface area contributed by atoms with E-state index in [9.17, 15) is 14.9 Å². The Bertz CT molecular complexity index is 1430. The molecular weight excluding hydrogens is 380 g/mol. The number of rotatable bonds is 3. The fraction of sp³-hybridized carbons (Fsp3) is 0.0435. The number of aromatic amines is 1. The first-order valence-corrected chi connectivity index (χ1v) is 9.20. The van der Waals surface area contributed by atoms with Crippen molar-refractivity contribution in [1.29, 1.82) is 5.26 Å². The highest BCUT2D eigenvalue weighted by Gasteiger charge is 2.27. The first-order chi connectivity index (χ1) is 14.5. The zero-order valence-corrected chi connectivity index (χ0v) is 15.8. The third-order valence-electron chi connectivity index (χ3n) is 4.95. The standard InChI is InChI=1S/C23H14N4O3/c1-12-2-6-18-19(8-12)26-21(25-18)14(11-24)9-15-4-7-20(30-15)13-3-5-16-17(10-13)23(29)27-22(16)28/h2-10H,1H3,(H,25,26)(H,27,28,29)/b14-9+. The summed E-state index contributed by atoms with van der Waals surface area (Å²) in [5.74, 6) is 0.636. The van der Waals surface area contributed by atoms with Crippen LogP contribution in [0.5, 0.6) is 0 Å². The van der Waals surface area contributed by atoms with Crippen molar-refractivity contribution in [2.45, 2.75) is 6.92 Å². The number of carbonyl (C=O) groups is 2. The molecule has 5 rings (SSSR count). The minimum atomic E-state index is -0.421. The molecule has 0 radical (unpaired) electrons. The molecular formula is C23H14N4O3. The fourth-order valence-corrected chi connectivity index (χ4v) is 3.45. The number of hydrogen-bond donors (Lipinski definition) is 2. The Morgan fingerprint density at radius 1 is 1.07 bits per heavy atom. The lowest BCUT2D eigenvalue weighted by Crippen LogP contribution is -2.19. The number of allylic oxidation sites excluding steroid dienone is 1. The molecule has 2 N–H and O–H groups in total. The number of hydrogen-bond acceptors (Lipinski definition) is 5. The highest BCUT2D eigenvalue weighted by atomic mass is 16.3. The zero-order valence-electron chi connectivity index (χ0n) is 15.8. The van der Waals surface area contributed by atoms with Gasteiger partial charge in [0.05, 0.1) is 27.7 Å². The summed E-state index contributed by atoms with van der Waals surface area (Å²) in [6.07, 6.45) is 1.61. The first kappa shape index (κ1) is 17.6. The van der Waals surface area contributed by atoms with Crippen LogP contribution in [0.3, 0.4) is 0 Å². The molecule has 2 amide bonds. The van der Waals surface area contributed by atoms with Crippen LogP contribution in [-0.4, -0.2) is 21.8 Å². The number of furan rings is 1. The summed E-state index contributed by atoms with van der Waals surface area (Å²) in [6.45, 7) is 1.99. The van der Waals surface area contributed by atoms with Gasteiger partial charge in [0.1, 0.15) is 23.4 Å². The van der Waals surface area contributed by atoms with Crippen LogP contribution in [0.1, 0.15) is 37.9 Å². The Balaban J connectivity index is 1.49. The second kappa shape index (κ2) is 6.57. The van der Waals surface area contributed by atoms with Crippen LogP contribution in [0.4, 0.5) is 0 Å². The number of fused-ring (bicyclic) bond motifs is 2. The molecule has 2 aromatic heterocycles. The van der Waals surface area contributed by atoms with Gasteiger partial charge in [0, 0.05) is 11.6 Å². The van der Waals surface area contributed by atoms with E-state index in [0.29, 0.717) is 39.6 Å². The Hall–Kier alpha value is -4.44. The van der Waals surface area contributed by atoms with Gasteiger partial charge in [0.15, 0.2) is 0 Å². The van der Waals surface area contributed by atoms with Crippen molar-refractivity contribution in [3.8, 4) is 17.4 Å². The maximum absolute atomic E-state index is 11.9. The Labute approximate surface area is 170 Å². The maximum atomic E-state index is 11.9. The van der Waals surface area contributed by atoms with Crippen molar-refractivity contribution < 1.29 is 14.0 Å². The maximum Gasteiger partial charge on any atom is 0.258 e. The third kappa shape index (κ3) is 2.88. The Kier molecular flexibility index (Phi) is 3.86. The number of H-pyrrole nitrogens is 1. The molecule has 144 valence electrons. The molecule has 4 aromatic rings. The van der Waals surface area contributed by atoms with E-state index in [2.05, 4.69) is 21.4 Å². The van der Waals surface area contributed by atoms with Crippen LogP contribution in [0, 0.1) is 18.3 Å². The van der Waals surface area contributed by atoms with Crippen molar-refractivity contribution in [3.05, 3.63) is 76.8 Å². The van der Waals surface area contributed by atoms with Crippen molar-refractivity contribution in [2.75, 3.05) is 0 Å². The fourth-order valence-electron chi connectivity index (χ4n) is 3.45. The summed E-state index contributed by atoms with van der Waals surface area (Å²) in [6, 6.07) is 16.4. The average molecular weight is 394 g/mol. The molecule has 1 aliphatic rings. The number of aromatic nitrogens is 2. The number of amides is 2. The smallest absolute Gasteiger partial charge is 0.258 e. The van der Waals surface area contributed by atoms with Crippen LogP contribution in [0.2, 0.25) is 0 Å². The van der Waals surface area contributed by atoms with Gasteiger partial charge < -0.3 is 9.40 Å². The lowest BCUT2D eigenvalue weighted by molar-refractivity contribution is 0.0879. The summed E-state index contributed by atoms with van der Waals surface area (Å²) in [4.78, 5) is 31.2. The van der Waals surface area contributed by atoms with Crippen molar-refractivity contribution in [1.82, 2.24) is 15.3 Å². The SMILES string of the molecule is Cc1ccc2nc(/C(C#N)=C/c3ccc(-c4ccc5c(c4)C(=O)NC5=O)o3)[nH]c2c1. The molecule has 30 heavy (non-hydrogen) atoms. The van der Waals surface area contributed by atoms with E-state index in [0.717, 1.165) is 16.6 Å². The van der Waals surface area contributed by atoms with E-state index < -0.39 is 11.8 Å². The number of aryl methyl sites for hydroxylation is 1. The summed E-state index contributed by atoms with van der Waals surface area (Å²) in [7, 11) is 0. The van der Waals surface area contributed by atoms with Crippen molar-refractivity contribution in [2.24, 2.45) is 0 Å². The van der Waals surface area contributed by atoms with Crippen molar-refractivity contribution in [3.63, 3.8) is 0 Å². The molecule has 1 aliphatic heterocycles. The molecule has 0 saturated carbocycles. The van der Waals surface area contributed by atoms with Gasteiger partial charge in [-0.2, -0.15) is 5.26 Å². The Morgan fingerprint density at radius 3 is 2.73 bits per heavy atom. The minimum absolute atomic E-state index is 0.321. The van der Waals surface area contributed by atoms with Crippen LogP contribution >= 0.6 is 0 Å². The number of imide groups is 1. The number of benzene rings is 2. The quantitative estimate of drug-likeness (QED) is 0.402. The van der Waals surface area contributed by atoms with Gasteiger partial charge in [-0.05, 0) is 48.9 Å². The topological polar surface area (TPSA) is 112 Å². The van der Waals surface area contributed by atoms with E-state index in [1.807, 2.05) is 25.1 Å². The van der Waals surface area contributed by atoms with Crippen LogP contribution < -0.4 is 5.32 Å². The largest absolute Gasteiger partial charge is 0.457 e. The molecule has 0 bridgehead atoms. The van der Waals surface area contributed by atoms with Gasteiger partial charge in [-0.15, -0.1) is 0 Å². The zero-order chi connectivity index (χ0) is 20.8. The predicted octanol–water partition coefficient (Wildman–Crippen LogP) is 4.08. The number of nitriles is 1. The van der Waals surface area contributed by atoms with Gasteiger partial charge in [0.25, 0.3) is 11.8 Å². The average Bonchev–Trinajstić information content (AvgIpc) is 3.43. The number of carbonyl (C=O) groups excluding carboxylic acids is 2. The van der Waals surface area contributed by atoms with E-state index in [1.54, 1.807) is 36.4 Å². The number of nitrogens with one attached hydrogen (secondary N) is 2. The van der Waals surface area contributed by atoms with Crippen molar-refractivity contribution >= 4 is 34.5 Å². The predicted molar refractivity (Wildman–Crippen MR) is 110 cm³/mol. The molecule has 0 saturated heterocycles. The van der Waals surface area contributed by atoms with Gasteiger partial charge in [-0.3, -0.25) is 14.9 Å². The highest BCUT2D eigenvalue weighted by Crippen LogP contribution is 2.28. The minimum Gasteiger partial charge on any atom is -0.457 e. The lowest BCUT2D eigenvalue weighted by atomic mass is 10.0. The molecule has 0 spiro atoms. The lowest BCUT2D eigenvalue weighted by Gasteiger charge is -1.99. The van der Waals surface area contributed by atoms with Crippen LogP contribution in [0.15, 0.2) is 52.9 Å². The highest BCUT2D eigenvalue weighted by molar-refractivity contribution is 6.21. The van der Waals surface area contributed by atoms with E-state index in [-0.39, 0.29) is 0 Å². The summed E-state index contributed by atoms with van der Waals surface area (Å²) in [5, 5.41) is 11.9. The first-order valence-electron chi connectivity index (χ1n) is 9.20. The summed E-state index contributed by atoms with van der Waals surface area (Å²) >= 11 is 0. The monoisotopic (exact) mass is 394 g/mol. The second-order valence-corrected chi connectivity index (χ2v) is 7.02. The van der Waals surface area contributed by atoms with E-state index in [1.165, 1.54) is 0 Å². The Morgan fingerprint density at radius 2 is 1.90 bits per heavy atom. The molecule has 0 fully saturated rings. The van der Waals surface area contributed by atoms with E-state index >= 15 is 0 Å². The molecule has 7 nitrogen and oxygen atoms in total.